The van der Waals surface area contributed by atoms with Crippen molar-refractivity contribution in [2.45, 2.75) is 13.2 Å². The quantitative estimate of drug-likeness (QED) is 0.693. The third-order valence-electron chi connectivity index (χ3n) is 1.36. The van der Waals surface area contributed by atoms with Crippen LogP contribution in [0, 0.1) is 0 Å². The molecule has 1 rings (SSSR count). The minimum atomic E-state index is 0.358. The molecule has 4 nitrogen and oxygen atoms in total. The summed E-state index contributed by atoms with van der Waals surface area (Å²) in [5.74, 6) is 0.571. The molecule has 0 saturated carbocycles. The zero-order chi connectivity index (χ0) is 9.68. The molecular weight excluding hydrogens is 192 g/mol. The van der Waals surface area contributed by atoms with Gasteiger partial charge in [0.05, 0.1) is 12.3 Å². The van der Waals surface area contributed by atoms with Crippen molar-refractivity contribution < 1.29 is 9.47 Å². The van der Waals surface area contributed by atoms with E-state index in [1.54, 1.807) is 20.3 Å². The van der Waals surface area contributed by atoms with Gasteiger partial charge in [-0.25, -0.2) is 9.97 Å². The van der Waals surface area contributed by atoms with Gasteiger partial charge in [0.2, 0.25) is 0 Å². The van der Waals surface area contributed by atoms with E-state index in [0.717, 1.165) is 5.69 Å². The van der Waals surface area contributed by atoms with Gasteiger partial charge in [-0.15, -0.1) is 0 Å². The monoisotopic (exact) mass is 202 g/mol. The van der Waals surface area contributed by atoms with Gasteiger partial charge < -0.3 is 9.47 Å². The standard InChI is InChI=1S/C8H11ClN2O2/c1-12-4-6-3-7(9)11-8(10-6)5-13-2/h3H,4-5H2,1-2H3. The maximum absolute atomic E-state index is 5.76. The summed E-state index contributed by atoms with van der Waals surface area (Å²) in [5.41, 5.74) is 0.759. The Balaban J connectivity index is 2.83. The number of hydrogen-bond donors (Lipinski definition) is 0. The number of methoxy groups -OCH3 is 2. The van der Waals surface area contributed by atoms with E-state index in [4.69, 9.17) is 21.1 Å². The van der Waals surface area contributed by atoms with Crippen LogP contribution in [0.5, 0.6) is 0 Å². The highest BCUT2D eigenvalue weighted by Gasteiger charge is 2.02. The molecular formula is C8H11ClN2O2. The van der Waals surface area contributed by atoms with Crippen molar-refractivity contribution in [1.29, 1.82) is 0 Å². The highest BCUT2D eigenvalue weighted by Crippen LogP contribution is 2.08. The molecule has 0 aliphatic carbocycles. The van der Waals surface area contributed by atoms with Gasteiger partial charge in [0, 0.05) is 14.2 Å². The summed E-state index contributed by atoms with van der Waals surface area (Å²) in [6, 6.07) is 1.67. The van der Waals surface area contributed by atoms with Gasteiger partial charge in [-0.1, -0.05) is 11.6 Å². The van der Waals surface area contributed by atoms with Crippen molar-refractivity contribution in [3.05, 3.63) is 22.7 Å². The van der Waals surface area contributed by atoms with Gasteiger partial charge in [-0.05, 0) is 6.07 Å². The molecule has 0 saturated heterocycles. The first-order valence-corrected chi connectivity index (χ1v) is 4.14. The van der Waals surface area contributed by atoms with E-state index < -0.39 is 0 Å². The zero-order valence-electron chi connectivity index (χ0n) is 7.58. The van der Waals surface area contributed by atoms with Crippen LogP contribution in [-0.4, -0.2) is 24.2 Å². The molecule has 0 fully saturated rings. The number of halogens is 1. The highest BCUT2D eigenvalue weighted by atomic mass is 35.5. The molecule has 0 aliphatic heterocycles. The van der Waals surface area contributed by atoms with Crippen molar-refractivity contribution in [3.8, 4) is 0 Å². The summed E-state index contributed by atoms with van der Waals surface area (Å²) in [6.45, 7) is 0.788. The molecule has 0 atom stereocenters. The fourth-order valence-corrected chi connectivity index (χ4v) is 1.16. The first-order valence-electron chi connectivity index (χ1n) is 3.76. The molecule has 0 radical (unpaired) electrons. The van der Waals surface area contributed by atoms with Gasteiger partial charge in [0.25, 0.3) is 0 Å². The predicted molar refractivity (Wildman–Crippen MR) is 48.5 cm³/mol. The third-order valence-corrected chi connectivity index (χ3v) is 1.55. The summed E-state index contributed by atoms with van der Waals surface area (Å²) in [4.78, 5) is 8.15. The second-order valence-corrected chi connectivity index (χ2v) is 2.85. The molecule has 1 aromatic rings. The first-order chi connectivity index (χ1) is 6.26. The Bertz CT molecular complexity index is 257. The Labute approximate surface area is 81.9 Å². The normalized spacial score (nSPS) is 10.4. The molecule has 5 heteroatoms. The van der Waals surface area contributed by atoms with Crippen LogP contribution in [0.3, 0.4) is 0 Å². The molecule has 0 aromatic carbocycles. The highest BCUT2D eigenvalue weighted by molar-refractivity contribution is 6.29. The topological polar surface area (TPSA) is 44.2 Å². The van der Waals surface area contributed by atoms with Crippen LogP contribution in [0.4, 0.5) is 0 Å². The van der Waals surface area contributed by atoms with Crippen molar-refractivity contribution in [2.24, 2.45) is 0 Å². The molecule has 1 aromatic heterocycles. The van der Waals surface area contributed by atoms with Crippen molar-refractivity contribution >= 4 is 11.6 Å². The average molecular weight is 203 g/mol. The van der Waals surface area contributed by atoms with E-state index >= 15 is 0 Å². The summed E-state index contributed by atoms with van der Waals surface area (Å²) in [6.07, 6.45) is 0. The minimum Gasteiger partial charge on any atom is -0.378 e. The molecule has 13 heavy (non-hydrogen) atoms. The number of nitrogens with zero attached hydrogens (tertiary/aromatic N) is 2. The lowest BCUT2D eigenvalue weighted by Gasteiger charge is -2.02. The minimum absolute atomic E-state index is 0.358. The molecule has 0 spiro atoms. The fourth-order valence-electron chi connectivity index (χ4n) is 0.932. The lowest BCUT2D eigenvalue weighted by molar-refractivity contribution is 0.170. The Morgan fingerprint density at radius 3 is 2.54 bits per heavy atom. The van der Waals surface area contributed by atoms with Crippen LogP contribution in [0.1, 0.15) is 11.5 Å². The van der Waals surface area contributed by atoms with E-state index in [2.05, 4.69) is 9.97 Å². The fraction of sp³-hybridized carbons (Fsp3) is 0.500. The smallest absolute Gasteiger partial charge is 0.156 e. The van der Waals surface area contributed by atoms with Gasteiger partial charge >= 0.3 is 0 Å². The number of ether oxygens (including phenoxy) is 2. The number of hydrogen-bond acceptors (Lipinski definition) is 4. The van der Waals surface area contributed by atoms with Crippen LogP contribution in [0.15, 0.2) is 6.07 Å². The molecule has 0 unspecified atom stereocenters. The summed E-state index contributed by atoms with van der Waals surface area (Å²) in [5, 5.41) is 0.411. The molecule has 0 amide bonds. The second kappa shape index (κ2) is 5.11. The third kappa shape index (κ3) is 3.26. The Morgan fingerprint density at radius 1 is 1.23 bits per heavy atom. The van der Waals surface area contributed by atoms with E-state index in [1.165, 1.54) is 0 Å². The van der Waals surface area contributed by atoms with E-state index in [0.29, 0.717) is 24.2 Å². The SMILES string of the molecule is COCc1cc(Cl)nc(COC)n1. The summed E-state index contributed by atoms with van der Waals surface area (Å²) < 4.78 is 9.82. The Hall–Kier alpha value is -0.710. The average Bonchev–Trinajstić information content (AvgIpc) is 2.04. The van der Waals surface area contributed by atoms with Crippen LogP contribution in [0.2, 0.25) is 5.15 Å². The van der Waals surface area contributed by atoms with Crippen molar-refractivity contribution in [3.63, 3.8) is 0 Å². The molecule has 0 N–H and O–H groups in total. The summed E-state index contributed by atoms with van der Waals surface area (Å²) >= 11 is 5.76. The van der Waals surface area contributed by atoms with Gasteiger partial charge in [0.15, 0.2) is 5.82 Å². The van der Waals surface area contributed by atoms with E-state index in [1.807, 2.05) is 0 Å². The van der Waals surface area contributed by atoms with E-state index in [9.17, 15) is 0 Å². The number of aromatic nitrogens is 2. The van der Waals surface area contributed by atoms with Gasteiger partial charge in [-0.3, -0.25) is 0 Å². The lowest BCUT2D eigenvalue weighted by Crippen LogP contribution is -2.01. The van der Waals surface area contributed by atoms with Crippen molar-refractivity contribution in [2.75, 3.05) is 14.2 Å². The molecule has 0 bridgehead atoms. The first kappa shape index (κ1) is 10.4. The van der Waals surface area contributed by atoms with Crippen LogP contribution in [0.25, 0.3) is 0 Å². The molecule has 1 heterocycles. The maximum Gasteiger partial charge on any atom is 0.156 e. The lowest BCUT2D eigenvalue weighted by atomic mass is 10.4. The van der Waals surface area contributed by atoms with Crippen LogP contribution < -0.4 is 0 Å². The molecule has 72 valence electrons. The summed E-state index contributed by atoms with van der Waals surface area (Å²) in [7, 11) is 3.19. The zero-order valence-corrected chi connectivity index (χ0v) is 8.34. The van der Waals surface area contributed by atoms with Crippen molar-refractivity contribution in [1.82, 2.24) is 9.97 Å². The van der Waals surface area contributed by atoms with E-state index in [-0.39, 0.29) is 0 Å². The van der Waals surface area contributed by atoms with Crippen LogP contribution >= 0.6 is 11.6 Å². The second-order valence-electron chi connectivity index (χ2n) is 2.46. The van der Waals surface area contributed by atoms with Gasteiger partial charge in [0.1, 0.15) is 11.8 Å². The largest absolute Gasteiger partial charge is 0.378 e. The number of rotatable bonds is 4. The van der Waals surface area contributed by atoms with Crippen LogP contribution in [-0.2, 0) is 22.7 Å². The predicted octanol–water partition coefficient (Wildman–Crippen LogP) is 1.42. The molecule has 0 aliphatic rings. The van der Waals surface area contributed by atoms with Gasteiger partial charge in [-0.2, -0.15) is 0 Å². The Kier molecular flexibility index (Phi) is 4.08. The maximum atomic E-state index is 5.76. The Morgan fingerprint density at radius 2 is 1.92 bits per heavy atom.